The summed E-state index contributed by atoms with van der Waals surface area (Å²) in [5.41, 5.74) is 1.61. The van der Waals surface area contributed by atoms with Crippen molar-refractivity contribution in [3.63, 3.8) is 0 Å². The first-order valence-corrected chi connectivity index (χ1v) is 9.87. The topological polar surface area (TPSA) is 77.0 Å². The summed E-state index contributed by atoms with van der Waals surface area (Å²) in [5.74, 6) is 1.02. The second kappa shape index (κ2) is 8.86. The van der Waals surface area contributed by atoms with Gasteiger partial charge in [0.25, 0.3) is 10.0 Å². The normalized spacial score (nSPS) is 11.3. The Hall–Kier alpha value is -2.32. The van der Waals surface area contributed by atoms with E-state index in [4.69, 9.17) is 9.47 Å². The van der Waals surface area contributed by atoms with E-state index in [0.717, 1.165) is 5.56 Å². The number of hydrogen-bond donors (Lipinski definition) is 1. The lowest BCUT2D eigenvalue weighted by Gasteiger charge is -2.12. The Kier molecular flexibility index (Phi) is 6.82. The van der Waals surface area contributed by atoms with E-state index in [2.05, 4.69) is 32.4 Å². The van der Waals surface area contributed by atoms with Crippen LogP contribution in [0.1, 0.15) is 11.1 Å². The van der Waals surface area contributed by atoms with E-state index in [1.54, 1.807) is 30.3 Å². The van der Waals surface area contributed by atoms with Gasteiger partial charge in [-0.05, 0) is 52.7 Å². The lowest BCUT2D eigenvalue weighted by molar-refractivity contribution is 0.324. The predicted octanol–water partition coefficient (Wildman–Crippen LogP) is 3.64. The summed E-state index contributed by atoms with van der Waals surface area (Å²) >= 11 is 3.40. The van der Waals surface area contributed by atoms with Crippen LogP contribution in [0.15, 0.2) is 63.5 Å². The zero-order valence-electron chi connectivity index (χ0n) is 14.4. The van der Waals surface area contributed by atoms with Crippen molar-refractivity contribution in [3.8, 4) is 11.5 Å². The molecule has 26 heavy (non-hydrogen) atoms. The Morgan fingerprint density at radius 1 is 1.27 bits per heavy atom. The summed E-state index contributed by atoms with van der Waals surface area (Å²) in [7, 11) is -2.20. The number of halogens is 1. The highest BCUT2D eigenvalue weighted by Gasteiger charge is 2.13. The first-order chi connectivity index (χ1) is 12.4. The molecule has 0 saturated carbocycles. The lowest BCUT2D eigenvalue weighted by atomic mass is 10.2. The van der Waals surface area contributed by atoms with Gasteiger partial charge in [-0.1, -0.05) is 30.4 Å². The molecule has 6 nitrogen and oxygen atoms in total. The Balaban J connectivity index is 2.18. The van der Waals surface area contributed by atoms with Crippen molar-refractivity contribution in [3.05, 3.63) is 64.7 Å². The molecule has 0 aliphatic rings. The molecule has 0 spiro atoms. The monoisotopic (exact) mass is 438 g/mol. The van der Waals surface area contributed by atoms with E-state index >= 15 is 0 Å². The van der Waals surface area contributed by atoms with Crippen LogP contribution in [0.3, 0.4) is 0 Å². The van der Waals surface area contributed by atoms with Crippen LogP contribution in [0.2, 0.25) is 0 Å². The van der Waals surface area contributed by atoms with Crippen LogP contribution in [-0.2, 0) is 10.0 Å². The van der Waals surface area contributed by atoms with Crippen LogP contribution in [0, 0.1) is 6.92 Å². The molecule has 0 saturated heterocycles. The number of hydrogen-bond acceptors (Lipinski definition) is 5. The molecule has 0 amide bonds. The van der Waals surface area contributed by atoms with Gasteiger partial charge < -0.3 is 9.47 Å². The van der Waals surface area contributed by atoms with Crippen LogP contribution in [0.5, 0.6) is 11.5 Å². The Bertz CT molecular complexity index is 910. The van der Waals surface area contributed by atoms with Crippen molar-refractivity contribution in [2.45, 2.75) is 11.8 Å². The molecule has 0 unspecified atom stereocenters. The average molecular weight is 439 g/mol. The maximum Gasteiger partial charge on any atom is 0.276 e. The van der Waals surface area contributed by atoms with E-state index in [1.807, 2.05) is 6.92 Å². The molecule has 2 rings (SSSR count). The number of nitrogens with one attached hydrogen (secondary N) is 1. The first-order valence-electron chi connectivity index (χ1n) is 7.60. The summed E-state index contributed by atoms with van der Waals surface area (Å²) in [5, 5.41) is 3.82. The van der Waals surface area contributed by atoms with Gasteiger partial charge in [0.05, 0.1) is 22.7 Å². The second-order valence-electron chi connectivity index (χ2n) is 5.30. The third-order valence-electron chi connectivity index (χ3n) is 3.32. The highest BCUT2D eigenvalue weighted by Crippen LogP contribution is 2.36. The first kappa shape index (κ1) is 20.0. The number of nitrogens with zero attached hydrogens (tertiary/aromatic N) is 1. The second-order valence-corrected chi connectivity index (χ2v) is 7.81. The number of hydrazone groups is 1. The van der Waals surface area contributed by atoms with Gasteiger partial charge in [-0.2, -0.15) is 13.5 Å². The van der Waals surface area contributed by atoms with Crippen LogP contribution >= 0.6 is 15.9 Å². The van der Waals surface area contributed by atoms with Gasteiger partial charge in [0.2, 0.25) is 0 Å². The molecule has 0 fully saturated rings. The zero-order chi connectivity index (χ0) is 19.2. The highest BCUT2D eigenvalue weighted by atomic mass is 79.9. The Morgan fingerprint density at radius 2 is 1.96 bits per heavy atom. The molecule has 0 atom stereocenters. The average Bonchev–Trinajstić information content (AvgIpc) is 2.60. The Labute approximate surface area is 161 Å². The minimum absolute atomic E-state index is 0.146. The summed E-state index contributed by atoms with van der Waals surface area (Å²) in [6, 6.07) is 9.93. The van der Waals surface area contributed by atoms with Crippen LogP contribution in [0.25, 0.3) is 0 Å². The maximum atomic E-state index is 12.2. The largest absolute Gasteiger partial charge is 0.493 e. The molecule has 1 N–H and O–H groups in total. The van der Waals surface area contributed by atoms with Gasteiger partial charge in [0, 0.05) is 0 Å². The van der Waals surface area contributed by atoms with E-state index in [0.29, 0.717) is 28.1 Å². The minimum Gasteiger partial charge on any atom is -0.493 e. The third-order valence-corrected chi connectivity index (χ3v) is 5.14. The molecule has 8 heteroatoms. The van der Waals surface area contributed by atoms with Crippen molar-refractivity contribution in [1.82, 2.24) is 4.83 Å². The van der Waals surface area contributed by atoms with Crippen molar-refractivity contribution in [2.24, 2.45) is 5.10 Å². The fourth-order valence-corrected chi connectivity index (χ4v) is 3.40. The molecule has 2 aromatic carbocycles. The van der Waals surface area contributed by atoms with Gasteiger partial charge in [-0.3, -0.25) is 0 Å². The summed E-state index contributed by atoms with van der Waals surface area (Å²) in [4.78, 5) is 2.34. The van der Waals surface area contributed by atoms with Crippen molar-refractivity contribution >= 4 is 32.2 Å². The quantitative estimate of drug-likeness (QED) is 0.387. The number of rotatable bonds is 8. The van der Waals surface area contributed by atoms with Crippen molar-refractivity contribution in [1.29, 1.82) is 0 Å². The molecule has 0 radical (unpaired) electrons. The minimum atomic E-state index is -3.72. The standard InChI is InChI=1S/C18H19BrN2O4S/c1-4-9-25-18-16(19)10-14(11-17(18)24-3)12-20-21-26(22,23)15-7-5-13(2)6-8-15/h4-8,10-12,21H,1,9H2,2-3H3/b20-12-. The van der Waals surface area contributed by atoms with E-state index in [1.165, 1.54) is 25.5 Å². The van der Waals surface area contributed by atoms with Gasteiger partial charge in [0.15, 0.2) is 11.5 Å². The van der Waals surface area contributed by atoms with Crippen LogP contribution in [-0.4, -0.2) is 28.3 Å². The molecule has 0 aromatic heterocycles. The molecule has 0 bridgehead atoms. The molecule has 2 aromatic rings. The fourth-order valence-electron chi connectivity index (χ4n) is 2.04. The van der Waals surface area contributed by atoms with Gasteiger partial charge in [-0.15, -0.1) is 0 Å². The van der Waals surface area contributed by atoms with Crippen LogP contribution < -0.4 is 14.3 Å². The summed E-state index contributed by atoms with van der Waals surface area (Å²) in [6.45, 7) is 5.82. The van der Waals surface area contributed by atoms with E-state index < -0.39 is 10.0 Å². The zero-order valence-corrected chi connectivity index (χ0v) is 16.8. The van der Waals surface area contributed by atoms with Crippen molar-refractivity contribution in [2.75, 3.05) is 13.7 Å². The molecule has 138 valence electrons. The molecular weight excluding hydrogens is 420 g/mol. The van der Waals surface area contributed by atoms with E-state index in [-0.39, 0.29) is 4.90 Å². The Morgan fingerprint density at radius 3 is 2.58 bits per heavy atom. The number of aryl methyl sites for hydroxylation is 1. The summed E-state index contributed by atoms with van der Waals surface area (Å²) < 4.78 is 35.9. The highest BCUT2D eigenvalue weighted by molar-refractivity contribution is 9.10. The number of benzene rings is 2. The van der Waals surface area contributed by atoms with Gasteiger partial charge in [-0.25, -0.2) is 4.83 Å². The smallest absolute Gasteiger partial charge is 0.276 e. The third kappa shape index (κ3) is 5.09. The fraction of sp³-hybridized carbons (Fsp3) is 0.167. The molecule has 0 aliphatic carbocycles. The predicted molar refractivity (Wildman–Crippen MR) is 105 cm³/mol. The number of ether oxygens (including phenoxy) is 2. The maximum absolute atomic E-state index is 12.2. The van der Waals surface area contributed by atoms with E-state index in [9.17, 15) is 8.42 Å². The van der Waals surface area contributed by atoms with Gasteiger partial charge in [0.1, 0.15) is 6.61 Å². The summed E-state index contributed by atoms with van der Waals surface area (Å²) in [6.07, 6.45) is 3.01. The number of methoxy groups -OCH3 is 1. The van der Waals surface area contributed by atoms with Crippen molar-refractivity contribution < 1.29 is 17.9 Å². The SMILES string of the molecule is C=CCOc1c(Br)cc(/C=N\NS(=O)(=O)c2ccc(C)cc2)cc1OC. The number of sulfonamides is 1. The molecule has 0 heterocycles. The lowest BCUT2D eigenvalue weighted by Crippen LogP contribution is -2.18. The van der Waals surface area contributed by atoms with Gasteiger partial charge >= 0.3 is 0 Å². The molecule has 0 aliphatic heterocycles. The van der Waals surface area contributed by atoms with Crippen LogP contribution in [0.4, 0.5) is 0 Å². The molecular formula is C18H19BrN2O4S.